The van der Waals surface area contributed by atoms with Gasteiger partial charge < -0.3 is 0 Å². The average molecular weight is 405 g/mol. The number of amides is 2. The highest BCUT2D eigenvalue weighted by molar-refractivity contribution is 9.10. The fourth-order valence-corrected chi connectivity index (χ4v) is 2.74. The lowest BCUT2D eigenvalue weighted by molar-refractivity contribution is -0.115. The number of thiocarbonyl (C=S) groups is 1. The van der Waals surface area contributed by atoms with E-state index in [4.69, 9.17) is 12.2 Å². The number of hydrogen-bond acceptors (Lipinski definition) is 3. The quantitative estimate of drug-likeness (QED) is 0.615. The van der Waals surface area contributed by atoms with Crippen LogP contribution in [0, 0.1) is 5.82 Å². The molecule has 0 unspecified atom stereocenters. The van der Waals surface area contributed by atoms with Crippen LogP contribution >= 0.6 is 28.1 Å². The van der Waals surface area contributed by atoms with E-state index in [1.165, 1.54) is 24.3 Å². The van der Waals surface area contributed by atoms with Crippen molar-refractivity contribution in [1.29, 1.82) is 0 Å². The van der Waals surface area contributed by atoms with E-state index in [-0.39, 0.29) is 16.4 Å². The van der Waals surface area contributed by atoms with E-state index in [1.807, 2.05) is 12.1 Å². The van der Waals surface area contributed by atoms with Gasteiger partial charge >= 0.3 is 0 Å². The van der Waals surface area contributed by atoms with Gasteiger partial charge in [-0.2, -0.15) is 0 Å². The number of hydrogen-bond donors (Lipinski definition) is 1. The number of halogens is 2. The molecule has 1 heterocycles. The number of benzene rings is 2. The number of rotatable bonds is 2. The molecule has 2 aromatic rings. The molecular formula is C17H10BrFN2O2S. The van der Waals surface area contributed by atoms with E-state index in [0.717, 1.165) is 14.9 Å². The molecule has 120 valence electrons. The molecule has 7 heteroatoms. The Morgan fingerprint density at radius 2 is 1.75 bits per heavy atom. The van der Waals surface area contributed by atoms with Gasteiger partial charge in [-0.1, -0.05) is 28.1 Å². The van der Waals surface area contributed by atoms with Gasteiger partial charge in [0, 0.05) is 10.0 Å². The molecule has 1 N–H and O–H groups in total. The van der Waals surface area contributed by atoms with E-state index in [0.29, 0.717) is 0 Å². The van der Waals surface area contributed by atoms with Crippen LogP contribution in [0.25, 0.3) is 6.08 Å². The third-order valence-corrected chi connectivity index (χ3v) is 4.18. The van der Waals surface area contributed by atoms with Gasteiger partial charge in [0.05, 0.1) is 0 Å². The molecule has 0 radical (unpaired) electrons. The lowest BCUT2D eigenvalue weighted by atomic mass is 10.1. The van der Waals surface area contributed by atoms with Gasteiger partial charge in [0.25, 0.3) is 11.8 Å². The van der Waals surface area contributed by atoms with Crippen molar-refractivity contribution in [2.45, 2.75) is 0 Å². The second-order valence-corrected chi connectivity index (χ2v) is 6.29. The molecule has 4 nitrogen and oxygen atoms in total. The molecule has 0 atom stereocenters. The minimum absolute atomic E-state index is 0.00214. The molecule has 1 saturated heterocycles. The van der Waals surface area contributed by atoms with E-state index < -0.39 is 17.6 Å². The molecule has 0 bridgehead atoms. The van der Waals surface area contributed by atoms with Crippen LogP contribution in [0.3, 0.4) is 0 Å². The number of nitrogens with one attached hydrogen (secondary N) is 1. The molecular weight excluding hydrogens is 395 g/mol. The predicted molar refractivity (Wildman–Crippen MR) is 95.4 cm³/mol. The van der Waals surface area contributed by atoms with Crippen molar-refractivity contribution in [1.82, 2.24) is 10.2 Å². The lowest BCUT2D eigenvalue weighted by Gasteiger charge is -2.15. The topological polar surface area (TPSA) is 49.4 Å². The fraction of sp³-hybridized carbons (Fsp3) is 0. The molecule has 1 aliphatic heterocycles. The Hall–Kier alpha value is -2.38. The van der Waals surface area contributed by atoms with Crippen LogP contribution in [0.4, 0.5) is 4.39 Å². The van der Waals surface area contributed by atoms with Crippen LogP contribution in [0.2, 0.25) is 0 Å². The maximum absolute atomic E-state index is 13.0. The monoisotopic (exact) mass is 404 g/mol. The molecule has 2 aromatic carbocycles. The highest BCUT2D eigenvalue weighted by Gasteiger charge is 2.35. The second kappa shape index (κ2) is 6.62. The van der Waals surface area contributed by atoms with Crippen molar-refractivity contribution >= 4 is 51.2 Å². The van der Waals surface area contributed by atoms with Crippen LogP contribution in [0.1, 0.15) is 15.9 Å². The summed E-state index contributed by atoms with van der Waals surface area (Å²) in [5, 5.41) is 2.45. The molecule has 3 rings (SSSR count). The minimum atomic E-state index is -0.498. The maximum Gasteiger partial charge on any atom is 0.274 e. The second-order valence-electron chi connectivity index (χ2n) is 4.99. The summed E-state index contributed by atoms with van der Waals surface area (Å²) in [7, 11) is 0. The van der Waals surface area contributed by atoms with Gasteiger partial charge in [-0.3, -0.25) is 14.9 Å². The van der Waals surface area contributed by atoms with Gasteiger partial charge in [0.1, 0.15) is 11.5 Å². The Morgan fingerprint density at radius 3 is 2.38 bits per heavy atom. The summed E-state index contributed by atoms with van der Waals surface area (Å²) in [6, 6.07) is 12.3. The highest BCUT2D eigenvalue weighted by Crippen LogP contribution is 2.21. The van der Waals surface area contributed by atoms with Crippen LogP contribution in [-0.2, 0) is 4.79 Å². The summed E-state index contributed by atoms with van der Waals surface area (Å²) in [6.45, 7) is 0. The largest absolute Gasteiger partial charge is 0.297 e. The van der Waals surface area contributed by atoms with Crippen LogP contribution in [-0.4, -0.2) is 21.8 Å². The van der Waals surface area contributed by atoms with Crippen molar-refractivity contribution in [3.05, 3.63) is 75.6 Å². The van der Waals surface area contributed by atoms with E-state index in [2.05, 4.69) is 21.2 Å². The smallest absolute Gasteiger partial charge is 0.274 e. The Bertz CT molecular complexity index is 863. The zero-order valence-electron chi connectivity index (χ0n) is 12.1. The zero-order chi connectivity index (χ0) is 17.3. The molecule has 0 aliphatic carbocycles. The Labute approximate surface area is 151 Å². The molecule has 0 saturated carbocycles. The minimum Gasteiger partial charge on any atom is -0.297 e. The Balaban J connectivity index is 1.99. The number of nitrogens with zero attached hydrogens (tertiary/aromatic N) is 1. The summed E-state index contributed by atoms with van der Waals surface area (Å²) >= 11 is 8.42. The first kappa shape index (κ1) is 16.5. The predicted octanol–water partition coefficient (Wildman–Crippen LogP) is 3.49. The van der Waals surface area contributed by atoms with Gasteiger partial charge in [-0.05, 0) is 60.3 Å². The Morgan fingerprint density at radius 1 is 1.12 bits per heavy atom. The standard InChI is InChI=1S/C17H10BrFN2O2S/c18-12-5-1-10(2-6-12)9-14-15(22)20-17(24)21(14)16(23)11-3-7-13(19)8-4-11/h1-9H,(H,20,22,24)/b14-9+. The molecule has 0 aromatic heterocycles. The van der Waals surface area contributed by atoms with Crippen molar-refractivity contribution in [2.75, 3.05) is 0 Å². The zero-order valence-corrected chi connectivity index (χ0v) is 14.5. The number of carbonyl (C=O) groups excluding carboxylic acids is 2. The Kier molecular flexibility index (Phi) is 4.55. The molecule has 24 heavy (non-hydrogen) atoms. The van der Waals surface area contributed by atoms with Crippen molar-refractivity contribution in [3.63, 3.8) is 0 Å². The first-order chi connectivity index (χ1) is 11.5. The highest BCUT2D eigenvalue weighted by atomic mass is 79.9. The van der Waals surface area contributed by atoms with Crippen LogP contribution < -0.4 is 5.32 Å². The van der Waals surface area contributed by atoms with Gasteiger partial charge in [-0.15, -0.1) is 0 Å². The van der Waals surface area contributed by atoms with Gasteiger partial charge in [0.2, 0.25) is 0 Å². The SMILES string of the molecule is O=C1NC(=S)N(C(=O)c2ccc(F)cc2)/C1=C/c1ccc(Br)cc1. The van der Waals surface area contributed by atoms with Gasteiger partial charge in [0.15, 0.2) is 5.11 Å². The lowest BCUT2D eigenvalue weighted by Crippen LogP contribution is -2.33. The van der Waals surface area contributed by atoms with Crippen LogP contribution in [0.5, 0.6) is 0 Å². The normalized spacial score (nSPS) is 15.8. The van der Waals surface area contributed by atoms with Crippen LogP contribution in [0.15, 0.2) is 58.7 Å². The summed E-state index contributed by atoms with van der Waals surface area (Å²) < 4.78 is 13.9. The molecule has 2 amide bonds. The van der Waals surface area contributed by atoms with Crippen molar-refractivity contribution < 1.29 is 14.0 Å². The van der Waals surface area contributed by atoms with E-state index in [1.54, 1.807) is 18.2 Å². The van der Waals surface area contributed by atoms with E-state index in [9.17, 15) is 14.0 Å². The average Bonchev–Trinajstić information content (AvgIpc) is 2.83. The molecule has 1 aliphatic rings. The third kappa shape index (κ3) is 3.27. The fourth-order valence-electron chi connectivity index (χ4n) is 2.20. The van der Waals surface area contributed by atoms with Crippen molar-refractivity contribution in [3.8, 4) is 0 Å². The summed E-state index contributed by atoms with van der Waals surface area (Å²) in [6.07, 6.45) is 1.57. The molecule has 0 spiro atoms. The summed E-state index contributed by atoms with van der Waals surface area (Å²) in [5.74, 6) is -1.41. The van der Waals surface area contributed by atoms with Crippen molar-refractivity contribution in [2.24, 2.45) is 0 Å². The summed E-state index contributed by atoms with van der Waals surface area (Å²) in [4.78, 5) is 25.9. The first-order valence-electron chi connectivity index (χ1n) is 6.88. The van der Waals surface area contributed by atoms with Gasteiger partial charge in [-0.25, -0.2) is 9.29 Å². The van der Waals surface area contributed by atoms with E-state index >= 15 is 0 Å². The maximum atomic E-state index is 13.0. The third-order valence-electron chi connectivity index (χ3n) is 3.36. The number of carbonyl (C=O) groups is 2. The molecule has 1 fully saturated rings. The first-order valence-corrected chi connectivity index (χ1v) is 8.08. The summed E-state index contributed by atoms with van der Waals surface area (Å²) in [5.41, 5.74) is 1.10.